The Bertz CT molecular complexity index is 631. The second kappa shape index (κ2) is 6.67. The molecule has 2 aliphatic heterocycles. The van der Waals surface area contributed by atoms with Crippen LogP contribution < -0.4 is 5.32 Å². The van der Waals surface area contributed by atoms with Crippen LogP contribution >= 0.6 is 11.3 Å². The van der Waals surface area contributed by atoms with Crippen LogP contribution in [0.15, 0.2) is 17.5 Å². The van der Waals surface area contributed by atoms with E-state index in [4.69, 9.17) is 0 Å². The van der Waals surface area contributed by atoms with Gasteiger partial charge in [-0.05, 0) is 44.1 Å². The predicted molar refractivity (Wildman–Crippen MR) is 92.9 cm³/mol. The van der Waals surface area contributed by atoms with Gasteiger partial charge in [0.2, 0.25) is 11.8 Å². The summed E-state index contributed by atoms with van der Waals surface area (Å²) < 4.78 is 0. The highest BCUT2D eigenvalue weighted by atomic mass is 32.1. The van der Waals surface area contributed by atoms with Crippen LogP contribution in [0.1, 0.15) is 49.2 Å². The van der Waals surface area contributed by atoms with Crippen LogP contribution in [0.2, 0.25) is 0 Å². The lowest BCUT2D eigenvalue weighted by molar-refractivity contribution is -0.147. The van der Waals surface area contributed by atoms with Gasteiger partial charge in [0.25, 0.3) is 0 Å². The summed E-state index contributed by atoms with van der Waals surface area (Å²) in [5.74, 6) is 0.676. The Kier molecular flexibility index (Phi) is 4.76. The Morgan fingerprint density at radius 3 is 2.54 bits per heavy atom. The lowest BCUT2D eigenvalue weighted by atomic mass is 9.68. The van der Waals surface area contributed by atoms with Gasteiger partial charge in [0, 0.05) is 32.0 Å². The molecule has 2 aliphatic rings. The molecule has 2 fully saturated rings. The van der Waals surface area contributed by atoms with Gasteiger partial charge in [-0.2, -0.15) is 0 Å². The van der Waals surface area contributed by atoms with E-state index in [2.05, 4.69) is 5.32 Å². The summed E-state index contributed by atoms with van der Waals surface area (Å²) in [6.45, 7) is 5.42. The standard InChI is InChI=1S/C18H24N2O3S/c1-18(2)16(19-17(18)23)12-7-9-20(10-8-12)15(22)6-5-13(21)14-4-3-11-24-14/h3-4,11-12,16H,5-10H2,1-2H3,(H,19,23)/t16-/m0/s1. The summed E-state index contributed by atoms with van der Waals surface area (Å²) in [4.78, 5) is 38.5. The summed E-state index contributed by atoms with van der Waals surface area (Å²) in [7, 11) is 0. The van der Waals surface area contributed by atoms with Crippen molar-refractivity contribution in [2.24, 2.45) is 11.3 Å². The Labute approximate surface area is 146 Å². The van der Waals surface area contributed by atoms with Crippen LogP contribution in [0.25, 0.3) is 0 Å². The number of Topliss-reactive ketones (excluding diaryl/α,β-unsaturated/α-hetero) is 1. The average Bonchev–Trinajstić information content (AvgIpc) is 3.12. The number of hydrogen-bond donors (Lipinski definition) is 1. The maximum absolute atomic E-state index is 12.3. The topological polar surface area (TPSA) is 66.5 Å². The minimum atomic E-state index is -0.288. The minimum Gasteiger partial charge on any atom is -0.351 e. The van der Waals surface area contributed by atoms with E-state index in [9.17, 15) is 14.4 Å². The van der Waals surface area contributed by atoms with Crippen LogP contribution in [0.4, 0.5) is 0 Å². The number of piperidine rings is 1. The molecule has 3 heterocycles. The first kappa shape index (κ1) is 17.1. The molecule has 1 aromatic rings. The molecule has 0 aromatic carbocycles. The van der Waals surface area contributed by atoms with Crippen LogP contribution in [-0.2, 0) is 9.59 Å². The third-order valence-corrected chi connectivity index (χ3v) is 6.29. The quantitative estimate of drug-likeness (QED) is 0.657. The molecule has 0 unspecified atom stereocenters. The molecule has 0 spiro atoms. The Balaban J connectivity index is 1.44. The van der Waals surface area contributed by atoms with E-state index in [-0.39, 0.29) is 41.9 Å². The van der Waals surface area contributed by atoms with Crippen molar-refractivity contribution in [3.63, 3.8) is 0 Å². The van der Waals surface area contributed by atoms with Gasteiger partial charge in [-0.25, -0.2) is 0 Å². The van der Waals surface area contributed by atoms with Gasteiger partial charge in [-0.1, -0.05) is 6.07 Å². The van der Waals surface area contributed by atoms with Crippen LogP contribution in [-0.4, -0.2) is 41.6 Å². The first-order valence-electron chi connectivity index (χ1n) is 8.55. The second-order valence-electron chi connectivity index (χ2n) is 7.29. The fourth-order valence-electron chi connectivity index (χ4n) is 3.70. The van der Waals surface area contributed by atoms with Gasteiger partial charge in [-0.3, -0.25) is 14.4 Å². The first-order valence-corrected chi connectivity index (χ1v) is 9.43. The largest absolute Gasteiger partial charge is 0.351 e. The Morgan fingerprint density at radius 1 is 1.29 bits per heavy atom. The van der Waals surface area contributed by atoms with Gasteiger partial charge in [0.15, 0.2) is 5.78 Å². The van der Waals surface area contributed by atoms with E-state index < -0.39 is 0 Å². The van der Waals surface area contributed by atoms with Gasteiger partial charge in [0.1, 0.15) is 0 Å². The third kappa shape index (κ3) is 3.24. The number of rotatable bonds is 5. The highest BCUT2D eigenvalue weighted by Gasteiger charge is 2.51. The van der Waals surface area contributed by atoms with Crippen LogP contribution in [0.5, 0.6) is 0 Å². The van der Waals surface area contributed by atoms with Gasteiger partial charge < -0.3 is 10.2 Å². The van der Waals surface area contributed by atoms with Crippen molar-refractivity contribution in [3.8, 4) is 0 Å². The molecule has 1 N–H and O–H groups in total. The molecule has 5 nitrogen and oxygen atoms in total. The molecule has 2 amide bonds. The molecule has 0 saturated carbocycles. The molecule has 2 saturated heterocycles. The maximum Gasteiger partial charge on any atom is 0.228 e. The lowest BCUT2D eigenvalue weighted by Gasteiger charge is -2.50. The first-order chi connectivity index (χ1) is 11.4. The number of nitrogens with one attached hydrogen (secondary N) is 1. The van der Waals surface area contributed by atoms with E-state index in [0.717, 1.165) is 30.8 Å². The fraction of sp³-hybridized carbons (Fsp3) is 0.611. The number of thiophene rings is 1. The zero-order valence-corrected chi connectivity index (χ0v) is 15.0. The summed E-state index contributed by atoms with van der Waals surface area (Å²) in [6, 6.07) is 3.88. The van der Waals surface area contributed by atoms with Crippen LogP contribution in [0, 0.1) is 11.3 Å². The molecule has 1 aromatic heterocycles. The smallest absolute Gasteiger partial charge is 0.228 e. The van der Waals surface area contributed by atoms with Crippen molar-refractivity contribution >= 4 is 28.9 Å². The van der Waals surface area contributed by atoms with Crippen LogP contribution in [0.3, 0.4) is 0 Å². The molecule has 0 aliphatic carbocycles. The summed E-state index contributed by atoms with van der Waals surface area (Å²) in [5.41, 5.74) is -0.288. The number of carbonyl (C=O) groups excluding carboxylic acids is 3. The summed E-state index contributed by atoms with van der Waals surface area (Å²) >= 11 is 1.42. The number of hydrogen-bond acceptors (Lipinski definition) is 4. The minimum absolute atomic E-state index is 0.0483. The van der Waals surface area contributed by atoms with Crippen molar-refractivity contribution in [1.29, 1.82) is 0 Å². The molecule has 3 rings (SSSR count). The zero-order valence-electron chi connectivity index (χ0n) is 14.2. The molecule has 0 radical (unpaired) electrons. The SMILES string of the molecule is CC1(C)C(=O)N[C@H]1C1CCN(C(=O)CCC(=O)c2cccs2)CC1. The zero-order chi connectivity index (χ0) is 17.3. The Morgan fingerprint density at radius 2 is 2.00 bits per heavy atom. The summed E-state index contributed by atoms with van der Waals surface area (Å²) in [6.07, 6.45) is 2.40. The Hall–Kier alpha value is -1.69. The molecule has 1 atom stereocenters. The molecular weight excluding hydrogens is 324 g/mol. The number of carbonyl (C=O) groups is 3. The molecule has 130 valence electrons. The van der Waals surface area contributed by atoms with Crippen molar-refractivity contribution in [2.75, 3.05) is 13.1 Å². The number of β-lactam (4-membered cyclic amide) rings is 1. The lowest BCUT2D eigenvalue weighted by Crippen LogP contribution is -2.68. The average molecular weight is 348 g/mol. The van der Waals surface area contributed by atoms with E-state index >= 15 is 0 Å². The number of nitrogens with zero attached hydrogens (tertiary/aromatic N) is 1. The third-order valence-electron chi connectivity index (χ3n) is 5.37. The number of ketones is 1. The molecule has 6 heteroatoms. The van der Waals surface area contributed by atoms with E-state index in [0.29, 0.717) is 5.92 Å². The van der Waals surface area contributed by atoms with E-state index in [1.165, 1.54) is 11.3 Å². The van der Waals surface area contributed by atoms with Gasteiger partial charge in [0.05, 0.1) is 10.3 Å². The van der Waals surface area contributed by atoms with Crippen molar-refractivity contribution in [3.05, 3.63) is 22.4 Å². The maximum atomic E-state index is 12.3. The predicted octanol–water partition coefficient (Wildman–Crippen LogP) is 2.47. The summed E-state index contributed by atoms with van der Waals surface area (Å²) in [5, 5.41) is 4.89. The van der Waals surface area contributed by atoms with Gasteiger partial charge >= 0.3 is 0 Å². The molecular formula is C18H24N2O3S. The highest BCUT2D eigenvalue weighted by Crippen LogP contribution is 2.38. The van der Waals surface area contributed by atoms with E-state index in [1.54, 1.807) is 6.07 Å². The van der Waals surface area contributed by atoms with Gasteiger partial charge in [-0.15, -0.1) is 11.3 Å². The van der Waals surface area contributed by atoms with Crippen molar-refractivity contribution in [1.82, 2.24) is 10.2 Å². The normalized spacial score (nSPS) is 23.5. The monoisotopic (exact) mass is 348 g/mol. The van der Waals surface area contributed by atoms with Crippen molar-refractivity contribution in [2.45, 2.75) is 45.6 Å². The van der Waals surface area contributed by atoms with E-state index in [1.807, 2.05) is 30.2 Å². The second-order valence-corrected chi connectivity index (χ2v) is 8.24. The number of likely N-dealkylation sites (tertiary alicyclic amines) is 1. The van der Waals surface area contributed by atoms with Crippen molar-refractivity contribution < 1.29 is 14.4 Å². The molecule has 24 heavy (non-hydrogen) atoms. The highest BCUT2D eigenvalue weighted by molar-refractivity contribution is 7.12. The number of amides is 2. The fourth-order valence-corrected chi connectivity index (χ4v) is 4.39. The molecule has 0 bridgehead atoms.